The minimum atomic E-state index is -0.699. The molecule has 1 atom stereocenters. The van der Waals surface area contributed by atoms with Crippen LogP contribution in [0.15, 0.2) is 0 Å². The molecule has 0 saturated heterocycles. The van der Waals surface area contributed by atoms with E-state index >= 15 is 0 Å². The normalized spacial score (nSPS) is 13.5. The summed E-state index contributed by atoms with van der Waals surface area (Å²) in [5.41, 5.74) is 0.123. The molecule has 0 bridgehead atoms. The first-order valence-electron chi connectivity index (χ1n) is 3.56. The van der Waals surface area contributed by atoms with Crippen LogP contribution in [0.5, 0.6) is 0 Å². The molecule has 0 spiro atoms. The fourth-order valence-electron chi connectivity index (χ4n) is 1.01. The van der Waals surface area contributed by atoms with Crippen molar-refractivity contribution >= 4 is 5.97 Å². The summed E-state index contributed by atoms with van der Waals surface area (Å²) in [5, 5.41) is 8.55. The molecule has 0 aromatic rings. The Morgan fingerprint density at radius 1 is 1.45 bits per heavy atom. The van der Waals surface area contributed by atoms with Crippen LogP contribution < -0.4 is 0 Å². The van der Waals surface area contributed by atoms with Gasteiger partial charge in [0.2, 0.25) is 0 Å². The van der Waals surface area contributed by atoms with Crippen LogP contribution in [0.2, 0.25) is 0 Å². The third kappa shape index (κ3) is 7.88. The van der Waals surface area contributed by atoms with Gasteiger partial charge in [0.15, 0.2) is 0 Å². The topological polar surface area (TPSA) is 37.3 Å². The molecule has 0 aromatic heterocycles. The van der Waals surface area contributed by atoms with Crippen LogP contribution in [-0.4, -0.2) is 11.1 Å². The first kappa shape index (κ1) is 13.6. The zero-order valence-electron chi connectivity index (χ0n) is 7.47. The van der Waals surface area contributed by atoms with Crippen LogP contribution in [-0.2, 0) is 21.6 Å². The molecule has 3 heteroatoms. The van der Waals surface area contributed by atoms with Crippen molar-refractivity contribution in [3.8, 4) is 0 Å². The Bertz CT molecular complexity index is 127. The van der Waals surface area contributed by atoms with Gasteiger partial charge in [0, 0.05) is 16.8 Å². The van der Waals surface area contributed by atoms with Gasteiger partial charge in [-0.05, 0) is 11.8 Å². The summed E-state index contributed by atoms with van der Waals surface area (Å²) < 4.78 is 0. The van der Waals surface area contributed by atoms with Crippen molar-refractivity contribution in [1.82, 2.24) is 0 Å². The summed E-state index contributed by atoms with van der Waals surface area (Å²) in [7, 11) is 0. The van der Waals surface area contributed by atoms with Crippen LogP contribution in [0.1, 0.15) is 34.1 Å². The number of rotatable bonds is 2. The predicted octanol–water partition coefficient (Wildman–Crippen LogP) is 2.14. The van der Waals surface area contributed by atoms with Gasteiger partial charge in [0.05, 0.1) is 5.92 Å². The smallest absolute Gasteiger partial charge is 0.306 e. The van der Waals surface area contributed by atoms with Gasteiger partial charge in [-0.25, -0.2) is 0 Å². The SMILES string of the molecule is CC(CC(C)(C)C)C(=O)O.[Co]. The van der Waals surface area contributed by atoms with E-state index in [9.17, 15) is 4.79 Å². The van der Waals surface area contributed by atoms with Crippen molar-refractivity contribution in [2.75, 3.05) is 0 Å². The van der Waals surface area contributed by atoms with Gasteiger partial charge >= 0.3 is 5.97 Å². The largest absolute Gasteiger partial charge is 0.481 e. The summed E-state index contributed by atoms with van der Waals surface area (Å²) in [6, 6.07) is 0. The van der Waals surface area contributed by atoms with Crippen molar-refractivity contribution in [2.24, 2.45) is 11.3 Å². The van der Waals surface area contributed by atoms with Crippen LogP contribution in [0.3, 0.4) is 0 Å². The van der Waals surface area contributed by atoms with Gasteiger partial charge in [0.25, 0.3) is 0 Å². The van der Waals surface area contributed by atoms with E-state index in [-0.39, 0.29) is 28.1 Å². The Kier molecular flexibility index (Phi) is 5.88. The second-order valence-electron chi connectivity index (χ2n) is 4.00. The van der Waals surface area contributed by atoms with Gasteiger partial charge in [-0.1, -0.05) is 27.7 Å². The van der Waals surface area contributed by atoms with Crippen LogP contribution in [0.25, 0.3) is 0 Å². The third-order valence-corrected chi connectivity index (χ3v) is 1.34. The van der Waals surface area contributed by atoms with Crippen molar-refractivity contribution < 1.29 is 26.7 Å². The van der Waals surface area contributed by atoms with E-state index < -0.39 is 5.97 Å². The number of hydrogen-bond acceptors (Lipinski definition) is 1. The van der Waals surface area contributed by atoms with E-state index in [1.165, 1.54) is 0 Å². The average Bonchev–Trinajstić information content (AvgIpc) is 1.60. The molecule has 11 heavy (non-hydrogen) atoms. The Labute approximate surface area is 78.6 Å². The predicted molar refractivity (Wildman–Crippen MR) is 40.9 cm³/mol. The second-order valence-corrected chi connectivity index (χ2v) is 4.00. The molecule has 1 N–H and O–H groups in total. The molecule has 2 nitrogen and oxygen atoms in total. The molecule has 0 aliphatic rings. The minimum Gasteiger partial charge on any atom is -0.481 e. The molecule has 0 amide bonds. The first-order valence-corrected chi connectivity index (χ1v) is 3.56. The summed E-state index contributed by atoms with van der Waals surface area (Å²) in [4.78, 5) is 10.4. The summed E-state index contributed by atoms with van der Waals surface area (Å²) in [6.45, 7) is 7.89. The molecule has 69 valence electrons. The molecule has 0 aliphatic carbocycles. The Hall–Kier alpha value is -0.0235. The summed E-state index contributed by atoms with van der Waals surface area (Å²) in [6.07, 6.45) is 0.738. The van der Waals surface area contributed by atoms with Crippen LogP contribution in [0.4, 0.5) is 0 Å². The Morgan fingerprint density at radius 2 is 1.82 bits per heavy atom. The first-order chi connectivity index (χ1) is 4.33. The molecule has 0 aliphatic heterocycles. The van der Waals surface area contributed by atoms with E-state index in [0.717, 1.165) is 6.42 Å². The molecule has 0 heterocycles. The van der Waals surface area contributed by atoms with Gasteiger partial charge in [-0.3, -0.25) is 4.79 Å². The van der Waals surface area contributed by atoms with E-state index in [1.807, 2.05) is 20.8 Å². The zero-order chi connectivity index (χ0) is 8.36. The zero-order valence-corrected chi connectivity index (χ0v) is 8.51. The molecule has 0 rings (SSSR count). The van der Waals surface area contributed by atoms with Gasteiger partial charge < -0.3 is 5.11 Å². The van der Waals surface area contributed by atoms with Crippen molar-refractivity contribution in [3.63, 3.8) is 0 Å². The molecule has 0 aromatic carbocycles. The van der Waals surface area contributed by atoms with Crippen molar-refractivity contribution in [3.05, 3.63) is 0 Å². The molecule has 1 radical (unpaired) electrons. The van der Waals surface area contributed by atoms with Crippen LogP contribution in [0, 0.1) is 11.3 Å². The van der Waals surface area contributed by atoms with Crippen molar-refractivity contribution in [2.45, 2.75) is 34.1 Å². The Morgan fingerprint density at radius 3 is 1.91 bits per heavy atom. The molecular weight excluding hydrogens is 187 g/mol. The fraction of sp³-hybridized carbons (Fsp3) is 0.875. The van der Waals surface area contributed by atoms with Crippen molar-refractivity contribution in [1.29, 1.82) is 0 Å². The number of aliphatic carboxylic acids is 1. The standard InChI is InChI=1S/C8H16O2.Co/c1-6(7(9)10)5-8(2,3)4;/h6H,5H2,1-4H3,(H,9,10);. The van der Waals surface area contributed by atoms with E-state index in [0.29, 0.717) is 0 Å². The minimum absolute atomic E-state index is 0. The monoisotopic (exact) mass is 203 g/mol. The maximum Gasteiger partial charge on any atom is 0.306 e. The number of hydrogen-bond donors (Lipinski definition) is 1. The number of carboxylic acids is 1. The second kappa shape index (κ2) is 4.77. The average molecular weight is 203 g/mol. The fourth-order valence-corrected chi connectivity index (χ4v) is 1.01. The maximum absolute atomic E-state index is 10.4. The van der Waals surface area contributed by atoms with Gasteiger partial charge in [-0.15, -0.1) is 0 Å². The molecule has 0 fully saturated rings. The summed E-state index contributed by atoms with van der Waals surface area (Å²) >= 11 is 0. The number of carboxylic acid groups (broad SMARTS) is 1. The molecular formula is C8H16CoO2. The van der Waals surface area contributed by atoms with E-state index in [4.69, 9.17) is 5.11 Å². The van der Waals surface area contributed by atoms with Gasteiger partial charge in [-0.2, -0.15) is 0 Å². The Balaban J connectivity index is 0. The molecule has 0 saturated carbocycles. The summed E-state index contributed by atoms with van der Waals surface area (Å²) in [5.74, 6) is -0.921. The van der Waals surface area contributed by atoms with Gasteiger partial charge in [0.1, 0.15) is 0 Å². The van der Waals surface area contributed by atoms with Crippen LogP contribution >= 0.6 is 0 Å². The molecule has 1 unspecified atom stereocenters. The third-order valence-electron chi connectivity index (χ3n) is 1.34. The maximum atomic E-state index is 10.4. The van der Waals surface area contributed by atoms with E-state index in [1.54, 1.807) is 6.92 Å². The number of carbonyl (C=O) groups is 1. The van der Waals surface area contributed by atoms with E-state index in [2.05, 4.69) is 0 Å². The quantitative estimate of drug-likeness (QED) is 0.746.